The third-order valence-electron chi connectivity index (χ3n) is 6.85. The van der Waals surface area contributed by atoms with Gasteiger partial charge in [0.05, 0.1) is 5.54 Å². The van der Waals surface area contributed by atoms with Crippen LogP contribution in [0.1, 0.15) is 63.1 Å². The Balaban J connectivity index is 1.67. The molecule has 5 nitrogen and oxygen atoms in total. The van der Waals surface area contributed by atoms with Crippen LogP contribution >= 0.6 is 0 Å². The molecular weight excluding hydrogens is 338 g/mol. The summed E-state index contributed by atoms with van der Waals surface area (Å²) in [4.78, 5) is 33.7. The number of nitrogens with zero attached hydrogens (tertiary/aromatic N) is 2. The Labute approximate surface area is 159 Å². The molecule has 0 unspecified atom stereocenters. The maximum Gasteiger partial charge on any atom is 0.328 e. The van der Waals surface area contributed by atoms with Gasteiger partial charge in [0, 0.05) is 29.6 Å². The number of rotatable bonds is 3. The molecule has 0 radical (unpaired) electrons. The average Bonchev–Trinajstić information content (AvgIpc) is 3.18. The zero-order valence-electron chi connectivity index (χ0n) is 16.0. The van der Waals surface area contributed by atoms with E-state index in [0.29, 0.717) is 13.0 Å². The van der Waals surface area contributed by atoms with E-state index in [-0.39, 0.29) is 23.5 Å². The van der Waals surface area contributed by atoms with E-state index in [1.165, 1.54) is 28.0 Å². The van der Waals surface area contributed by atoms with Crippen molar-refractivity contribution in [3.63, 3.8) is 0 Å². The number of urea groups is 1. The van der Waals surface area contributed by atoms with Gasteiger partial charge in [0.1, 0.15) is 6.04 Å². The standard InChI is InChI=1S/C22H27N3O2/c1-2-3-13-24-20(26)18-14-16-15-9-5-6-10-17(15)23-19(16)22(25(18)21(24)27)11-7-4-8-12-22/h5-6,9-10,18,23H,2-4,7-8,11-14H2,1H3/t18-/m0/s1. The third kappa shape index (κ3) is 2.23. The monoisotopic (exact) mass is 365 g/mol. The lowest BCUT2D eigenvalue weighted by molar-refractivity contribution is -0.129. The lowest BCUT2D eigenvalue weighted by atomic mass is 9.73. The van der Waals surface area contributed by atoms with Crippen molar-refractivity contribution < 1.29 is 9.59 Å². The molecule has 5 heteroatoms. The molecule has 1 aliphatic carbocycles. The summed E-state index contributed by atoms with van der Waals surface area (Å²) in [6.07, 6.45) is 7.80. The molecular formula is C22H27N3O2. The molecule has 142 valence electrons. The van der Waals surface area contributed by atoms with Gasteiger partial charge in [-0.2, -0.15) is 0 Å². The highest BCUT2D eigenvalue weighted by Crippen LogP contribution is 2.51. The van der Waals surface area contributed by atoms with Gasteiger partial charge in [-0.15, -0.1) is 0 Å². The zero-order chi connectivity index (χ0) is 18.6. The summed E-state index contributed by atoms with van der Waals surface area (Å²) in [7, 11) is 0. The Bertz CT molecular complexity index is 909. The van der Waals surface area contributed by atoms with Crippen LogP contribution in [0, 0.1) is 0 Å². The van der Waals surface area contributed by atoms with Crippen molar-refractivity contribution in [2.75, 3.05) is 6.54 Å². The molecule has 2 aromatic rings. The summed E-state index contributed by atoms with van der Waals surface area (Å²) in [5, 5.41) is 1.21. The molecule has 1 aromatic heterocycles. The molecule has 1 aromatic carbocycles. The van der Waals surface area contributed by atoms with Crippen molar-refractivity contribution in [2.45, 2.75) is 69.9 Å². The number of nitrogens with one attached hydrogen (secondary N) is 1. The van der Waals surface area contributed by atoms with Gasteiger partial charge in [-0.25, -0.2) is 4.79 Å². The molecule has 1 saturated carbocycles. The van der Waals surface area contributed by atoms with Crippen LogP contribution in [0.15, 0.2) is 24.3 Å². The Hall–Kier alpha value is -2.30. The predicted molar refractivity (Wildman–Crippen MR) is 104 cm³/mol. The maximum absolute atomic E-state index is 13.4. The van der Waals surface area contributed by atoms with E-state index in [0.717, 1.165) is 44.0 Å². The van der Waals surface area contributed by atoms with Crippen LogP contribution in [0.5, 0.6) is 0 Å². The molecule has 1 atom stereocenters. The van der Waals surface area contributed by atoms with Crippen LogP contribution in [-0.2, 0) is 16.8 Å². The van der Waals surface area contributed by atoms with E-state index in [2.05, 4.69) is 30.1 Å². The number of carbonyl (C=O) groups excluding carboxylic acids is 2. The largest absolute Gasteiger partial charge is 0.356 e. The molecule has 1 saturated heterocycles. The number of hydrogen-bond acceptors (Lipinski definition) is 2. The van der Waals surface area contributed by atoms with Gasteiger partial charge in [0.25, 0.3) is 5.91 Å². The minimum absolute atomic E-state index is 0.00864. The second-order valence-electron chi connectivity index (χ2n) is 8.33. The van der Waals surface area contributed by atoms with Gasteiger partial charge in [0.2, 0.25) is 0 Å². The van der Waals surface area contributed by atoms with Gasteiger partial charge in [-0.1, -0.05) is 50.8 Å². The van der Waals surface area contributed by atoms with Crippen molar-refractivity contribution in [1.82, 2.24) is 14.8 Å². The number of hydrogen-bond donors (Lipinski definition) is 1. The van der Waals surface area contributed by atoms with Crippen molar-refractivity contribution in [3.8, 4) is 0 Å². The first kappa shape index (κ1) is 16.8. The number of aromatic amines is 1. The molecule has 5 rings (SSSR count). The normalized spacial score (nSPS) is 24.0. The van der Waals surface area contributed by atoms with E-state index in [1.807, 2.05) is 11.0 Å². The highest BCUT2D eigenvalue weighted by atomic mass is 16.2. The Morgan fingerprint density at radius 1 is 1.15 bits per heavy atom. The van der Waals surface area contributed by atoms with Gasteiger partial charge in [-0.05, 0) is 30.9 Å². The van der Waals surface area contributed by atoms with Crippen molar-refractivity contribution in [2.24, 2.45) is 0 Å². The third-order valence-corrected chi connectivity index (χ3v) is 6.85. The van der Waals surface area contributed by atoms with Gasteiger partial charge in [0.15, 0.2) is 0 Å². The minimum Gasteiger partial charge on any atom is -0.356 e. The van der Waals surface area contributed by atoms with Crippen LogP contribution in [0.25, 0.3) is 10.9 Å². The molecule has 1 N–H and O–H groups in total. The van der Waals surface area contributed by atoms with Gasteiger partial charge < -0.3 is 9.88 Å². The maximum atomic E-state index is 13.4. The van der Waals surface area contributed by atoms with E-state index in [1.54, 1.807) is 0 Å². The average molecular weight is 365 g/mol. The van der Waals surface area contributed by atoms with Crippen LogP contribution in [-0.4, -0.2) is 39.3 Å². The van der Waals surface area contributed by atoms with E-state index in [9.17, 15) is 9.59 Å². The topological polar surface area (TPSA) is 56.4 Å². The SMILES string of the molecule is CCCCN1C(=O)[C@@H]2Cc3c([nH]c4ccccc34)C3(CCCCC3)N2C1=O. The summed E-state index contributed by atoms with van der Waals surface area (Å²) in [6.45, 7) is 2.64. The van der Waals surface area contributed by atoms with E-state index in [4.69, 9.17) is 0 Å². The number of benzene rings is 1. The molecule has 3 heterocycles. The van der Waals surface area contributed by atoms with Crippen molar-refractivity contribution in [3.05, 3.63) is 35.5 Å². The summed E-state index contributed by atoms with van der Waals surface area (Å²) in [5.74, 6) is 0.00864. The molecule has 0 bridgehead atoms. The van der Waals surface area contributed by atoms with Crippen molar-refractivity contribution in [1.29, 1.82) is 0 Å². The second-order valence-corrected chi connectivity index (χ2v) is 8.33. The predicted octanol–water partition coefficient (Wildman–Crippen LogP) is 4.32. The fourth-order valence-corrected chi connectivity index (χ4v) is 5.58. The lowest BCUT2D eigenvalue weighted by Gasteiger charge is -2.49. The number of aromatic nitrogens is 1. The number of H-pyrrole nitrogens is 1. The molecule has 1 spiro atoms. The van der Waals surface area contributed by atoms with E-state index >= 15 is 0 Å². The minimum atomic E-state index is -0.344. The first-order valence-electron chi connectivity index (χ1n) is 10.4. The fraction of sp³-hybridized carbons (Fsp3) is 0.545. The van der Waals surface area contributed by atoms with Gasteiger partial charge >= 0.3 is 6.03 Å². The zero-order valence-corrected chi connectivity index (χ0v) is 16.0. The fourth-order valence-electron chi connectivity index (χ4n) is 5.58. The summed E-state index contributed by atoms with van der Waals surface area (Å²) in [5.41, 5.74) is 3.23. The van der Waals surface area contributed by atoms with E-state index < -0.39 is 0 Å². The highest BCUT2D eigenvalue weighted by molar-refractivity contribution is 6.06. The van der Waals surface area contributed by atoms with Crippen molar-refractivity contribution >= 4 is 22.8 Å². The highest BCUT2D eigenvalue weighted by Gasteiger charge is 2.58. The number of fused-ring (bicyclic) bond motifs is 6. The first-order chi connectivity index (χ1) is 13.2. The van der Waals surface area contributed by atoms with Crippen LogP contribution in [0.4, 0.5) is 4.79 Å². The first-order valence-corrected chi connectivity index (χ1v) is 10.4. The number of unbranched alkanes of at least 4 members (excludes halogenated alkanes) is 1. The number of amides is 3. The summed E-state index contributed by atoms with van der Waals surface area (Å²) >= 11 is 0. The van der Waals surface area contributed by atoms with Crippen LogP contribution in [0.2, 0.25) is 0 Å². The van der Waals surface area contributed by atoms with Crippen LogP contribution in [0.3, 0.4) is 0 Å². The Morgan fingerprint density at radius 2 is 1.93 bits per heavy atom. The second kappa shape index (κ2) is 6.11. The summed E-state index contributed by atoms with van der Waals surface area (Å²) < 4.78 is 0. The Kier molecular flexibility index (Phi) is 3.81. The quantitative estimate of drug-likeness (QED) is 0.824. The molecule has 3 amide bonds. The number of para-hydroxylation sites is 1. The smallest absolute Gasteiger partial charge is 0.328 e. The molecule has 3 aliphatic rings. The molecule has 2 fully saturated rings. The number of carbonyl (C=O) groups is 2. The molecule has 2 aliphatic heterocycles. The number of imide groups is 1. The Morgan fingerprint density at radius 3 is 2.70 bits per heavy atom. The molecule has 27 heavy (non-hydrogen) atoms. The lowest BCUT2D eigenvalue weighted by Crippen LogP contribution is -2.56. The van der Waals surface area contributed by atoms with Gasteiger partial charge in [-0.3, -0.25) is 9.69 Å². The van der Waals surface area contributed by atoms with Crippen LogP contribution < -0.4 is 0 Å². The summed E-state index contributed by atoms with van der Waals surface area (Å²) in [6, 6.07) is 7.95.